The number of carbonyl (C=O) groups excluding carboxylic acids is 1. The summed E-state index contributed by atoms with van der Waals surface area (Å²) in [5, 5.41) is 0. The van der Waals surface area contributed by atoms with Crippen LogP contribution in [-0.2, 0) is 27.9 Å². The maximum atomic E-state index is 13.1. The molecule has 7 heteroatoms. The van der Waals surface area contributed by atoms with E-state index < -0.39 is 10.1 Å². The van der Waals surface area contributed by atoms with Gasteiger partial charge in [-0.1, -0.05) is 38.1 Å². The Kier molecular flexibility index (Phi) is 7.57. The zero-order valence-electron chi connectivity index (χ0n) is 16.4. The Balaban J connectivity index is 2.08. The van der Waals surface area contributed by atoms with E-state index in [1.807, 2.05) is 13.8 Å². The summed E-state index contributed by atoms with van der Waals surface area (Å²) in [7, 11) is -3.57. The molecular weight excluding hydrogens is 381 g/mol. The van der Waals surface area contributed by atoms with Gasteiger partial charge in [0.2, 0.25) is 5.91 Å². The molecule has 0 aliphatic carbocycles. The summed E-state index contributed by atoms with van der Waals surface area (Å²) in [4.78, 5) is 14.5. The van der Waals surface area contributed by atoms with E-state index >= 15 is 0 Å². The number of carbonyl (C=O) groups is 1. The van der Waals surface area contributed by atoms with Crippen LogP contribution in [0.5, 0.6) is 5.75 Å². The molecule has 0 bridgehead atoms. The van der Waals surface area contributed by atoms with Crippen molar-refractivity contribution in [2.45, 2.75) is 33.7 Å². The molecule has 5 nitrogen and oxygen atoms in total. The quantitative estimate of drug-likeness (QED) is 0.594. The van der Waals surface area contributed by atoms with E-state index in [9.17, 15) is 17.6 Å². The number of rotatable bonds is 9. The van der Waals surface area contributed by atoms with E-state index in [2.05, 4.69) is 0 Å². The highest BCUT2D eigenvalue weighted by Gasteiger charge is 2.17. The van der Waals surface area contributed by atoms with E-state index in [4.69, 9.17) is 4.18 Å². The predicted molar refractivity (Wildman–Crippen MR) is 107 cm³/mol. The second-order valence-electron chi connectivity index (χ2n) is 7.04. The number of nitrogens with zero attached hydrogens (tertiary/aromatic N) is 1. The van der Waals surface area contributed by atoms with E-state index in [1.54, 1.807) is 41.3 Å². The first-order chi connectivity index (χ1) is 13.2. The molecule has 0 aliphatic heterocycles. The molecule has 0 spiro atoms. The molecule has 152 valence electrons. The fourth-order valence-corrected chi connectivity index (χ4v) is 3.18. The van der Waals surface area contributed by atoms with Crippen LogP contribution in [0.2, 0.25) is 0 Å². The van der Waals surface area contributed by atoms with Gasteiger partial charge in [-0.2, -0.15) is 8.42 Å². The third-order valence-electron chi connectivity index (χ3n) is 4.08. The number of hydrogen-bond donors (Lipinski definition) is 0. The summed E-state index contributed by atoms with van der Waals surface area (Å²) in [5.74, 6) is 0.0550. The van der Waals surface area contributed by atoms with Crippen LogP contribution >= 0.6 is 0 Å². The number of benzene rings is 2. The third kappa shape index (κ3) is 6.96. The van der Waals surface area contributed by atoms with Gasteiger partial charge in [-0.15, -0.1) is 0 Å². The fourth-order valence-electron chi connectivity index (χ4n) is 2.66. The third-order valence-corrected chi connectivity index (χ3v) is 5.23. The topological polar surface area (TPSA) is 63.7 Å². The molecule has 2 rings (SSSR count). The Hall–Kier alpha value is -2.41. The maximum Gasteiger partial charge on any atom is 0.308 e. The van der Waals surface area contributed by atoms with Crippen molar-refractivity contribution in [3.63, 3.8) is 0 Å². The minimum absolute atomic E-state index is 0.0470. The molecule has 28 heavy (non-hydrogen) atoms. The molecule has 0 fully saturated rings. The second kappa shape index (κ2) is 9.68. The van der Waals surface area contributed by atoms with Crippen molar-refractivity contribution in [2.24, 2.45) is 5.92 Å². The van der Waals surface area contributed by atoms with Gasteiger partial charge in [0.15, 0.2) is 0 Å². The van der Waals surface area contributed by atoms with Crippen LogP contribution in [0.3, 0.4) is 0 Å². The van der Waals surface area contributed by atoms with Gasteiger partial charge in [0.1, 0.15) is 11.6 Å². The van der Waals surface area contributed by atoms with Crippen molar-refractivity contribution >= 4 is 16.0 Å². The van der Waals surface area contributed by atoms with Crippen LogP contribution in [0.1, 0.15) is 31.9 Å². The van der Waals surface area contributed by atoms with Crippen LogP contribution in [0.25, 0.3) is 0 Å². The molecular formula is C21H26FNO4S. The lowest BCUT2D eigenvalue weighted by molar-refractivity contribution is -0.131. The number of hydrogen-bond acceptors (Lipinski definition) is 4. The van der Waals surface area contributed by atoms with Crippen molar-refractivity contribution in [3.05, 3.63) is 65.5 Å². The van der Waals surface area contributed by atoms with E-state index in [-0.39, 0.29) is 35.6 Å². The highest BCUT2D eigenvalue weighted by molar-refractivity contribution is 7.87. The molecule has 0 aliphatic rings. The molecule has 0 saturated heterocycles. The molecule has 0 saturated carbocycles. The molecule has 0 heterocycles. The van der Waals surface area contributed by atoms with Gasteiger partial charge >= 0.3 is 10.1 Å². The van der Waals surface area contributed by atoms with Gasteiger partial charge in [-0.3, -0.25) is 4.79 Å². The Bertz CT molecular complexity index is 878. The molecule has 1 amide bonds. The number of amides is 1. The fraction of sp³-hybridized carbons (Fsp3) is 0.381. The van der Waals surface area contributed by atoms with Gasteiger partial charge in [-0.25, -0.2) is 4.39 Å². The molecule has 2 aromatic rings. The first-order valence-corrected chi connectivity index (χ1v) is 10.8. The summed E-state index contributed by atoms with van der Waals surface area (Å²) in [6.45, 7) is 6.57. The average Bonchev–Trinajstić information content (AvgIpc) is 2.64. The summed E-state index contributed by atoms with van der Waals surface area (Å²) in [6.07, 6.45) is 0.197. The van der Waals surface area contributed by atoms with Gasteiger partial charge < -0.3 is 9.08 Å². The van der Waals surface area contributed by atoms with E-state index in [1.165, 1.54) is 19.1 Å². The molecule has 2 aromatic carbocycles. The first-order valence-electron chi connectivity index (χ1n) is 9.22. The van der Waals surface area contributed by atoms with Crippen molar-refractivity contribution in [3.8, 4) is 5.75 Å². The van der Waals surface area contributed by atoms with Crippen LogP contribution in [0, 0.1) is 11.7 Å². The SMILES string of the molecule is CCS(=O)(=O)Oc1ccc(CN(CC(C)C)C(=O)Cc2ccc(F)cc2)cc1. The summed E-state index contributed by atoms with van der Waals surface area (Å²) < 4.78 is 41.1. The molecule has 0 N–H and O–H groups in total. The van der Waals surface area contributed by atoms with Gasteiger partial charge in [0.05, 0.1) is 12.2 Å². The smallest absolute Gasteiger partial charge is 0.308 e. The van der Waals surface area contributed by atoms with Crippen molar-refractivity contribution in [1.82, 2.24) is 4.90 Å². The van der Waals surface area contributed by atoms with Gasteiger partial charge in [-0.05, 0) is 48.2 Å². The Morgan fingerprint density at radius 3 is 2.14 bits per heavy atom. The Morgan fingerprint density at radius 2 is 1.61 bits per heavy atom. The summed E-state index contributed by atoms with van der Waals surface area (Å²) in [5.41, 5.74) is 1.63. The van der Waals surface area contributed by atoms with Crippen LogP contribution < -0.4 is 4.18 Å². The zero-order chi connectivity index (χ0) is 20.7. The van der Waals surface area contributed by atoms with Gasteiger partial charge in [0.25, 0.3) is 0 Å². The van der Waals surface area contributed by atoms with Crippen LogP contribution in [-0.4, -0.2) is 31.5 Å². The lowest BCUT2D eigenvalue weighted by atomic mass is 10.1. The van der Waals surface area contributed by atoms with E-state index in [0.717, 1.165) is 11.1 Å². The van der Waals surface area contributed by atoms with Crippen molar-refractivity contribution in [2.75, 3.05) is 12.3 Å². The normalized spacial score (nSPS) is 11.5. The minimum atomic E-state index is -3.57. The largest absolute Gasteiger partial charge is 0.382 e. The van der Waals surface area contributed by atoms with Gasteiger partial charge in [0, 0.05) is 13.1 Å². The lowest BCUT2D eigenvalue weighted by Crippen LogP contribution is -2.34. The Morgan fingerprint density at radius 1 is 1.04 bits per heavy atom. The highest BCUT2D eigenvalue weighted by atomic mass is 32.2. The number of halogens is 1. The average molecular weight is 408 g/mol. The maximum absolute atomic E-state index is 13.1. The minimum Gasteiger partial charge on any atom is -0.382 e. The summed E-state index contributed by atoms with van der Waals surface area (Å²) >= 11 is 0. The first kappa shape index (κ1) is 21.9. The molecule has 0 aromatic heterocycles. The highest BCUT2D eigenvalue weighted by Crippen LogP contribution is 2.17. The molecule has 0 radical (unpaired) electrons. The Labute approximate surface area is 166 Å². The second-order valence-corrected chi connectivity index (χ2v) is 8.90. The van der Waals surface area contributed by atoms with Crippen LogP contribution in [0.4, 0.5) is 4.39 Å². The van der Waals surface area contributed by atoms with Crippen LogP contribution in [0.15, 0.2) is 48.5 Å². The zero-order valence-corrected chi connectivity index (χ0v) is 17.2. The summed E-state index contributed by atoms with van der Waals surface area (Å²) in [6, 6.07) is 12.6. The van der Waals surface area contributed by atoms with E-state index in [0.29, 0.717) is 13.1 Å². The van der Waals surface area contributed by atoms with Crippen molar-refractivity contribution < 1.29 is 21.8 Å². The van der Waals surface area contributed by atoms with Crippen molar-refractivity contribution in [1.29, 1.82) is 0 Å². The molecule has 0 atom stereocenters. The predicted octanol–water partition coefficient (Wildman–Crippen LogP) is 3.78. The lowest BCUT2D eigenvalue weighted by Gasteiger charge is -2.25. The monoisotopic (exact) mass is 407 g/mol. The standard InChI is InChI=1S/C21H26FNO4S/c1-4-28(25,26)27-20-11-7-18(8-12-20)15-23(14-16(2)3)21(24)13-17-5-9-19(22)10-6-17/h5-12,16H,4,13-15H2,1-3H3. The molecule has 0 unspecified atom stereocenters.